The lowest BCUT2D eigenvalue weighted by Gasteiger charge is -2.09. The molecular weight excluding hydrogens is 288 g/mol. The Hall–Kier alpha value is -1.71. The molecular formula is C16H13ClN2S. The number of anilines is 1. The molecule has 0 aliphatic carbocycles. The monoisotopic (exact) mass is 300 g/mol. The summed E-state index contributed by atoms with van der Waals surface area (Å²) in [5.41, 5.74) is 8.17. The quantitative estimate of drug-likeness (QED) is 0.560. The van der Waals surface area contributed by atoms with E-state index in [1.165, 1.54) is 0 Å². The van der Waals surface area contributed by atoms with Crippen molar-refractivity contribution in [2.24, 2.45) is 0 Å². The van der Waals surface area contributed by atoms with E-state index >= 15 is 0 Å². The van der Waals surface area contributed by atoms with E-state index in [0.29, 0.717) is 0 Å². The van der Waals surface area contributed by atoms with Gasteiger partial charge in [0.05, 0.1) is 5.69 Å². The van der Waals surface area contributed by atoms with Crippen LogP contribution in [0.15, 0.2) is 59.8 Å². The molecule has 0 aliphatic rings. The zero-order chi connectivity index (χ0) is 13.9. The number of nitrogen functional groups attached to an aromatic ring is 1. The number of nitrogens with zero attached hydrogens (tertiary/aromatic N) is 1. The highest BCUT2D eigenvalue weighted by molar-refractivity contribution is 7.98. The lowest BCUT2D eigenvalue weighted by molar-refractivity contribution is 1.35. The van der Waals surface area contributed by atoms with Gasteiger partial charge >= 0.3 is 0 Å². The number of fused-ring (bicyclic) bond motifs is 1. The largest absolute Gasteiger partial charge is 0.397 e. The normalized spacial score (nSPS) is 10.8. The SMILES string of the molecule is Nc1c(SCc2ccccc2Cl)ccc2cnccc12. The number of pyridine rings is 1. The van der Waals surface area contributed by atoms with E-state index in [4.69, 9.17) is 17.3 Å². The third-order valence-electron chi connectivity index (χ3n) is 3.16. The molecule has 0 bridgehead atoms. The van der Waals surface area contributed by atoms with Gasteiger partial charge in [0.15, 0.2) is 0 Å². The van der Waals surface area contributed by atoms with Gasteiger partial charge in [0.25, 0.3) is 0 Å². The second-order valence-electron chi connectivity index (χ2n) is 4.45. The molecule has 3 aromatic rings. The molecule has 0 unspecified atom stereocenters. The number of hydrogen-bond acceptors (Lipinski definition) is 3. The Morgan fingerprint density at radius 2 is 1.95 bits per heavy atom. The molecule has 3 rings (SSSR count). The van der Waals surface area contributed by atoms with Crippen LogP contribution >= 0.6 is 23.4 Å². The summed E-state index contributed by atoms with van der Waals surface area (Å²) >= 11 is 7.87. The molecule has 2 nitrogen and oxygen atoms in total. The van der Waals surface area contributed by atoms with E-state index in [1.54, 1.807) is 18.0 Å². The summed E-state index contributed by atoms with van der Waals surface area (Å²) in [4.78, 5) is 5.18. The third-order valence-corrected chi connectivity index (χ3v) is 4.65. The fourth-order valence-corrected chi connectivity index (χ4v) is 3.34. The van der Waals surface area contributed by atoms with Crippen LogP contribution in [0, 0.1) is 0 Å². The summed E-state index contributed by atoms with van der Waals surface area (Å²) in [7, 11) is 0. The van der Waals surface area contributed by atoms with Crippen LogP contribution in [0.1, 0.15) is 5.56 Å². The molecule has 2 aromatic carbocycles. The molecule has 0 saturated carbocycles. The molecule has 100 valence electrons. The molecule has 0 atom stereocenters. The predicted octanol–water partition coefficient (Wildman–Crippen LogP) is 4.76. The molecule has 0 fully saturated rings. The highest BCUT2D eigenvalue weighted by Crippen LogP contribution is 2.34. The Morgan fingerprint density at radius 3 is 2.80 bits per heavy atom. The van der Waals surface area contributed by atoms with Crippen molar-refractivity contribution in [3.63, 3.8) is 0 Å². The average molecular weight is 301 g/mol. The van der Waals surface area contributed by atoms with Crippen LogP contribution < -0.4 is 5.73 Å². The first-order chi connectivity index (χ1) is 9.75. The van der Waals surface area contributed by atoms with Crippen LogP contribution in [0.5, 0.6) is 0 Å². The zero-order valence-corrected chi connectivity index (χ0v) is 12.3. The smallest absolute Gasteiger partial charge is 0.0533 e. The summed E-state index contributed by atoms with van der Waals surface area (Å²) in [6, 6.07) is 13.9. The minimum Gasteiger partial charge on any atom is -0.397 e. The van der Waals surface area contributed by atoms with Gasteiger partial charge in [0.2, 0.25) is 0 Å². The second-order valence-corrected chi connectivity index (χ2v) is 5.88. The Labute approximate surface area is 127 Å². The van der Waals surface area contributed by atoms with Crippen LogP contribution in [-0.2, 0) is 5.75 Å². The van der Waals surface area contributed by atoms with Crippen molar-refractivity contribution >= 4 is 39.8 Å². The summed E-state index contributed by atoms with van der Waals surface area (Å²) in [6.45, 7) is 0. The van der Waals surface area contributed by atoms with Crippen molar-refractivity contribution < 1.29 is 0 Å². The highest BCUT2D eigenvalue weighted by Gasteiger charge is 2.06. The van der Waals surface area contributed by atoms with Crippen LogP contribution in [0.25, 0.3) is 10.8 Å². The zero-order valence-electron chi connectivity index (χ0n) is 10.7. The van der Waals surface area contributed by atoms with Crippen molar-refractivity contribution in [2.75, 3.05) is 5.73 Å². The molecule has 20 heavy (non-hydrogen) atoms. The first-order valence-electron chi connectivity index (χ1n) is 6.24. The van der Waals surface area contributed by atoms with E-state index in [9.17, 15) is 0 Å². The van der Waals surface area contributed by atoms with Crippen LogP contribution in [0.3, 0.4) is 0 Å². The van der Waals surface area contributed by atoms with Gasteiger partial charge in [0, 0.05) is 38.8 Å². The number of halogens is 1. The van der Waals surface area contributed by atoms with Gasteiger partial charge in [-0.05, 0) is 23.8 Å². The molecule has 0 saturated heterocycles. The van der Waals surface area contributed by atoms with Crippen molar-refractivity contribution in [3.05, 3.63) is 65.4 Å². The maximum Gasteiger partial charge on any atom is 0.0533 e. The molecule has 0 amide bonds. The number of benzene rings is 2. The molecule has 0 radical (unpaired) electrons. The maximum absolute atomic E-state index is 6.24. The van der Waals surface area contributed by atoms with Gasteiger partial charge < -0.3 is 5.73 Å². The average Bonchev–Trinajstić information content (AvgIpc) is 2.48. The number of aromatic nitrogens is 1. The Bertz CT molecular complexity index is 758. The Kier molecular flexibility index (Phi) is 3.81. The fourth-order valence-electron chi connectivity index (χ4n) is 2.07. The van der Waals surface area contributed by atoms with Crippen molar-refractivity contribution in [1.29, 1.82) is 0 Å². The highest BCUT2D eigenvalue weighted by atomic mass is 35.5. The lowest BCUT2D eigenvalue weighted by Crippen LogP contribution is -1.92. The number of hydrogen-bond donors (Lipinski definition) is 1. The van der Waals surface area contributed by atoms with E-state index in [0.717, 1.165) is 37.7 Å². The van der Waals surface area contributed by atoms with Gasteiger partial charge in [-0.15, -0.1) is 11.8 Å². The van der Waals surface area contributed by atoms with E-state index < -0.39 is 0 Å². The minimum absolute atomic E-state index is 0.795. The standard InChI is InChI=1S/C16H13ClN2S/c17-14-4-2-1-3-12(14)10-20-15-6-5-11-9-19-8-7-13(11)16(15)18/h1-9H,10,18H2. The third kappa shape index (κ3) is 2.60. The lowest BCUT2D eigenvalue weighted by atomic mass is 10.1. The van der Waals surface area contributed by atoms with Crippen LogP contribution in [0.2, 0.25) is 5.02 Å². The van der Waals surface area contributed by atoms with Crippen molar-refractivity contribution in [1.82, 2.24) is 4.98 Å². The van der Waals surface area contributed by atoms with Gasteiger partial charge in [-0.25, -0.2) is 0 Å². The van der Waals surface area contributed by atoms with Crippen molar-refractivity contribution in [2.45, 2.75) is 10.6 Å². The summed E-state index contributed by atoms with van der Waals surface area (Å²) < 4.78 is 0. The fraction of sp³-hybridized carbons (Fsp3) is 0.0625. The van der Waals surface area contributed by atoms with E-state index in [1.807, 2.05) is 48.7 Å². The van der Waals surface area contributed by atoms with Gasteiger partial charge in [-0.2, -0.15) is 0 Å². The number of nitrogens with two attached hydrogens (primary N) is 1. The molecule has 2 N–H and O–H groups in total. The van der Waals surface area contributed by atoms with E-state index in [2.05, 4.69) is 4.98 Å². The molecule has 4 heteroatoms. The summed E-state index contributed by atoms with van der Waals surface area (Å²) in [5.74, 6) is 0.806. The van der Waals surface area contributed by atoms with E-state index in [-0.39, 0.29) is 0 Å². The van der Waals surface area contributed by atoms with Crippen molar-refractivity contribution in [3.8, 4) is 0 Å². The first kappa shape index (κ1) is 13.3. The van der Waals surface area contributed by atoms with Gasteiger partial charge in [0.1, 0.15) is 0 Å². The van der Waals surface area contributed by atoms with Crippen LogP contribution in [0.4, 0.5) is 5.69 Å². The Morgan fingerprint density at radius 1 is 1.10 bits per heavy atom. The van der Waals surface area contributed by atoms with Gasteiger partial charge in [-0.3, -0.25) is 4.98 Å². The summed E-state index contributed by atoms with van der Waals surface area (Å²) in [6.07, 6.45) is 3.59. The molecule has 0 aliphatic heterocycles. The molecule has 1 heterocycles. The maximum atomic E-state index is 6.24. The number of rotatable bonds is 3. The molecule has 0 spiro atoms. The van der Waals surface area contributed by atoms with Crippen LogP contribution in [-0.4, -0.2) is 4.98 Å². The second kappa shape index (κ2) is 5.73. The summed E-state index contributed by atoms with van der Waals surface area (Å²) in [5, 5.41) is 2.90. The van der Waals surface area contributed by atoms with Gasteiger partial charge in [-0.1, -0.05) is 35.9 Å². The first-order valence-corrected chi connectivity index (χ1v) is 7.60. The minimum atomic E-state index is 0.795. The topological polar surface area (TPSA) is 38.9 Å². The molecule has 1 aromatic heterocycles. The number of thioether (sulfide) groups is 1. The predicted molar refractivity (Wildman–Crippen MR) is 87.2 cm³/mol. The Balaban J connectivity index is 1.88.